The van der Waals surface area contributed by atoms with Gasteiger partial charge in [-0.15, -0.1) is 11.8 Å². The molecule has 1 saturated heterocycles. The van der Waals surface area contributed by atoms with Crippen molar-refractivity contribution < 1.29 is 9.90 Å². The van der Waals surface area contributed by atoms with E-state index in [0.29, 0.717) is 6.42 Å². The molecule has 0 aromatic heterocycles. The zero-order valence-corrected chi connectivity index (χ0v) is 7.99. The molecule has 0 aromatic rings. The fourth-order valence-electron chi connectivity index (χ4n) is 1.16. The van der Waals surface area contributed by atoms with Crippen molar-refractivity contribution in [1.29, 1.82) is 0 Å². The first-order valence-corrected chi connectivity index (χ1v) is 4.86. The highest BCUT2D eigenvalue weighted by Crippen LogP contribution is 2.39. The van der Waals surface area contributed by atoms with E-state index in [1.165, 1.54) is 11.8 Å². The molecule has 11 heavy (non-hydrogen) atoms. The first-order chi connectivity index (χ1) is 5.13. The highest BCUT2D eigenvalue weighted by molar-refractivity contribution is 8.02. The van der Waals surface area contributed by atoms with Crippen LogP contribution in [0.2, 0.25) is 0 Å². The fourth-order valence-corrected chi connectivity index (χ4v) is 2.98. The van der Waals surface area contributed by atoms with Gasteiger partial charge in [-0.25, -0.2) is 9.10 Å². The van der Waals surface area contributed by atoms with Gasteiger partial charge >= 0.3 is 5.97 Å². The molecule has 1 rings (SSSR count). The summed E-state index contributed by atoms with van der Waals surface area (Å²) in [4.78, 5) is 10.1. The molecule has 3 nitrogen and oxygen atoms in total. The number of carbonyl (C=O) groups is 1. The van der Waals surface area contributed by atoms with Crippen LogP contribution in [0.3, 0.4) is 0 Å². The van der Waals surface area contributed by atoms with Gasteiger partial charge < -0.3 is 5.11 Å². The second kappa shape index (κ2) is 3.25. The van der Waals surface area contributed by atoms with Crippen LogP contribution in [0, 0.1) is 0 Å². The zero-order chi connectivity index (χ0) is 8.48. The van der Waals surface area contributed by atoms with Crippen molar-refractivity contribution >= 4 is 30.5 Å². The molecular weight excluding hydrogens is 182 g/mol. The van der Waals surface area contributed by atoms with Crippen molar-refractivity contribution in [3.05, 3.63) is 0 Å². The Labute approximate surface area is 75.7 Å². The summed E-state index contributed by atoms with van der Waals surface area (Å²) >= 11 is 5.58. The first kappa shape index (κ1) is 9.22. The maximum Gasteiger partial charge on any atom is 0.335 e. The molecule has 1 aliphatic rings. The Kier molecular flexibility index (Phi) is 2.72. The van der Waals surface area contributed by atoms with Gasteiger partial charge in [0.15, 0.2) is 4.87 Å². The van der Waals surface area contributed by atoms with Crippen LogP contribution >= 0.6 is 24.6 Å². The Morgan fingerprint density at radius 2 is 2.55 bits per heavy atom. The lowest BCUT2D eigenvalue weighted by Crippen LogP contribution is -2.42. The number of nitrogens with zero attached hydrogens (tertiary/aromatic N) is 1. The fraction of sp³-hybridized carbons (Fsp3) is 0.833. The molecule has 64 valence electrons. The van der Waals surface area contributed by atoms with E-state index in [2.05, 4.69) is 12.8 Å². The summed E-state index contributed by atoms with van der Waals surface area (Å²) in [5, 5.41) is 8.92. The third kappa shape index (κ3) is 1.37. The minimum Gasteiger partial charge on any atom is -0.479 e. The number of hydrogen-bond donors (Lipinski definition) is 2. The molecule has 0 radical (unpaired) electrons. The normalized spacial score (nSPS) is 32.5. The molecule has 1 heterocycles. The van der Waals surface area contributed by atoms with Gasteiger partial charge in [-0.3, -0.25) is 0 Å². The van der Waals surface area contributed by atoms with Crippen LogP contribution in [0.1, 0.15) is 13.3 Å². The molecule has 0 saturated carbocycles. The van der Waals surface area contributed by atoms with Crippen LogP contribution < -0.4 is 0 Å². The van der Waals surface area contributed by atoms with Crippen LogP contribution in [0.25, 0.3) is 0 Å². The van der Waals surface area contributed by atoms with Gasteiger partial charge in [0.1, 0.15) is 0 Å². The van der Waals surface area contributed by atoms with E-state index >= 15 is 0 Å². The number of hydrogen-bond acceptors (Lipinski definition) is 4. The van der Waals surface area contributed by atoms with Crippen LogP contribution in [0.15, 0.2) is 0 Å². The molecule has 0 spiro atoms. The van der Waals surface area contributed by atoms with Crippen LogP contribution in [0.5, 0.6) is 0 Å². The highest BCUT2D eigenvalue weighted by Gasteiger charge is 2.45. The van der Waals surface area contributed by atoms with Crippen molar-refractivity contribution in [2.75, 3.05) is 12.3 Å². The molecule has 1 N–H and O–H groups in total. The lowest BCUT2D eigenvalue weighted by Gasteiger charge is -2.27. The molecule has 1 unspecified atom stereocenters. The van der Waals surface area contributed by atoms with Gasteiger partial charge in [0, 0.05) is 12.3 Å². The van der Waals surface area contributed by atoms with Crippen molar-refractivity contribution in [1.82, 2.24) is 4.31 Å². The van der Waals surface area contributed by atoms with E-state index < -0.39 is 10.8 Å². The quantitative estimate of drug-likeness (QED) is 0.644. The lowest BCUT2D eigenvalue weighted by atomic mass is 10.2. The van der Waals surface area contributed by atoms with Crippen LogP contribution in [0.4, 0.5) is 0 Å². The van der Waals surface area contributed by atoms with Gasteiger partial charge in [-0.05, 0) is 6.42 Å². The zero-order valence-electron chi connectivity index (χ0n) is 6.28. The van der Waals surface area contributed by atoms with E-state index in [1.54, 1.807) is 4.31 Å². The topological polar surface area (TPSA) is 40.5 Å². The molecular formula is C6H11NO2S2. The van der Waals surface area contributed by atoms with Gasteiger partial charge in [0.05, 0.1) is 0 Å². The van der Waals surface area contributed by atoms with Gasteiger partial charge in [0.25, 0.3) is 0 Å². The number of aliphatic carboxylic acids is 1. The molecule has 0 aromatic carbocycles. The Balaban J connectivity index is 2.82. The Morgan fingerprint density at radius 1 is 1.91 bits per heavy atom. The monoisotopic (exact) mass is 193 g/mol. The summed E-state index contributed by atoms with van der Waals surface area (Å²) in [6.45, 7) is 2.61. The Bertz CT molecular complexity index is 176. The summed E-state index contributed by atoms with van der Waals surface area (Å²) < 4.78 is 1.61. The maximum atomic E-state index is 10.9. The third-order valence-electron chi connectivity index (χ3n) is 1.87. The summed E-state index contributed by atoms with van der Waals surface area (Å²) in [5.41, 5.74) is 0. The largest absolute Gasteiger partial charge is 0.479 e. The van der Waals surface area contributed by atoms with Crippen LogP contribution in [-0.4, -0.2) is 32.5 Å². The van der Waals surface area contributed by atoms with E-state index in [9.17, 15) is 4.79 Å². The van der Waals surface area contributed by atoms with Gasteiger partial charge in [0.2, 0.25) is 0 Å². The minimum atomic E-state index is -0.780. The molecule has 1 fully saturated rings. The Morgan fingerprint density at radius 3 is 2.73 bits per heavy atom. The summed E-state index contributed by atoms with van der Waals surface area (Å²) in [6.07, 6.45) is 0.594. The smallest absolute Gasteiger partial charge is 0.335 e. The SMILES string of the molecule is CCC1(C(=O)O)SCCN1S. The number of thioether (sulfide) groups is 1. The molecule has 1 aliphatic heterocycles. The predicted octanol–water partition coefficient (Wildman–Crippen LogP) is 1.07. The molecule has 0 aliphatic carbocycles. The molecule has 5 heteroatoms. The lowest BCUT2D eigenvalue weighted by molar-refractivity contribution is -0.142. The highest BCUT2D eigenvalue weighted by atomic mass is 32.2. The molecule has 0 bridgehead atoms. The first-order valence-electron chi connectivity index (χ1n) is 3.47. The number of carboxylic acid groups (broad SMARTS) is 1. The van der Waals surface area contributed by atoms with Crippen LogP contribution in [-0.2, 0) is 4.79 Å². The summed E-state index contributed by atoms with van der Waals surface area (Å²) in [7, 11) is 0. The van der Waals surface area contributed by atoms with Crippen molar-refractivity contribution in [2.24, 2.45) is 0 Å². The molecule has 0 amide bonds. The summed E-state index contributed by atoms with van der Waals surface area (Å²) in [5.74, 6) is 0.0707. The van der Waals surface area contributed by atoms with Crippen molar-refractivity contribution in [3.63, 3.8) is 0 Å². The second-order valence-corrected chi connectivity index (χ2v) is 4.27. The van der Waals surface area contributed by atoms with E-state index in [4.69, 9.17) is 5.11 Å². The maximum absolute atomic E-state index is 10.9. The Hall–Kier alpha value is 0.130. The van der Waals surface area contributed by atoms with Gasteiger partial charge in [-0.2, -0.15) is 0 Å². The van der Waals surface area contributed by atoms with Gasteiger partial charge in [-0.1, -0.05) is 19.7 Å². The minimum absolute atomic E-state index is 0.594. The van der Waals surface area contributed by atoms with E-state index in [1.807, 2.05) is 6.92 Å². The number of carboxylic acids is 1. The van der Waals surface area contributed by atoms with Crippen molar-refractivity contribution in [3.8, 4) is 0 Å². The van der Waals surface area contributed by atoms with E-state index in [-0.39, 0.29) is 0 Å². The standard InChI is InChI=1S/C6H11NO2S2/c1-2-6(5(8)9)7(10)3-4-11-6/h10H,2-4H2,1H3,(H,8,9). The average molecular weight is 193 g/mol. The summed E-state index contributed by atoms with van der Waals surface area (Å²) in [6, 6.07) is 0. The number of rotatable bonds is 2. The predicted molar refractivity (Wildman–Crippen MR) is 48.8 cm³/mol. The molecule has 1 atom stereocenters. The number of thiol groups is 1. The third-order valence-corrected chi connectivity index (χ3v) is 4.10. The van der Waals surface area contributed by atoms with E-state index in [0.717, 1.165) is 12.3 Å². The second-order valence-electron chi connectivity index (χ2n) is 2.41. The van der Waals surface area contributed by atoms with Crippen molar-refractivity contribution in [2.45, 2.75) is 18.2 Å². The average Bonchev–Trinajstić information content (AvgIpc) is 2.32.